The SMILES string of the molecule is CCC1CCCN(c2cnccc2C(N)=S)C1. The van der Waals surface area contributed by atoms with Crippen molar-refractivity contribution < 1.29 is 0 Å². The Kier molecular flexibility index (Phi) is 3.94. The van der Waals surface area contributed by atoms with E-state index in [0.29, 0.717) is 4.99 Å². The third kappa shape index (κ3) is 2.75. The largest absolute Gasteiger partial charge is 0.389 e. The van der Waals surface area contributed by atoms with Crippen LogP contribution in [0.25, 0.3) is 0 Å². The van der Waals surface area contributed by atoms with Gasteiger partial charge in [-0.05, 0) is 24.8 Å². The summed E-state index contributed by atoms with van der Waals surface area (Å²) in [6.07, 6.45) is 7.44. The minimum atomic E-state index is 0.459. The van der Waals surface area contributed by atoms with E-state index in [-0.39, 0.29) is 0 Å². The van der Waals surface area contributed by atoms with Crippen molar-refractivity contribution in [2.45, 2.75) is 26.2 Å². The maximum absolute atomic E-state index is 5.77. The van der Waals surface area contributed by atoms with E-state index >= 15 is 0 Å². The van der Waals surface area contributed by atoms with E-state index in [4.69, 9.17) is 18.0 Å². The van der Waals surface area contributed by atoms with Crippen LogP contribution in [0.2, 0.25) is 0 Å². The van der Waals surface area contributed by atoms with Crippen molar-refractivity contribution in [1.29, 1.82) is 0 Å². The Hall–Kier alpha value is -1.16. The van der Waals surface area contributed by atoms with E-state index in [1.807, 2.05) is 12.3 Å². The van der Waals surface area contributed by atoms with E-state index in [2.05, 4.69) is 16.8 Å². The van der Waals surface area contributed by atoms with Crippen LogP contribution in [0.1, 0.15) is 31.7 Å². The molecule has 1 saturated heterocycles. The normalized spacial score (nSPS) is 20.3. The smallest absolute Gasteiger partial charge is 0.106 e. The highest BCUT2D eigenvalue weighted by Crippen LogP contribution is 2.26. The summed E-state index contributed by atoms with van der Waals surface area (Å²) in [6.45, 7) is 4.43. The van der Waals surface area contributed by atoms with Crippen molar-refractivity contribution >= 4 is 22.9 Å². The average Bonchev–Trinajstić information content (AvgIpc) is 2.39. The highest BCUT2D eigenvalue weighted by atomic mass is 32.1. The number of pyridine rings is 1. The molecule has 1 aliphatic heterocycles. The fraction of sp³-hybridized carbons (Fsp3) is 0.538. The number of piperidine rings is 1. The minimum absolute atomic E-state index is 0.459. The second kappa shape index (κ2) is 5.45. The molecule has 17 heavy (non-hydrogen) atoms. The third-order valence-corrected chi connectivity index (χ3v) is 3.72. The topological polar surface area (TPSA) is 42.2 Å². The van der Waals surface area contributed by atoms with Crippen LogP contribution in [0.4, 0.5) is 5.69 Å². The Morgan fingerprint density at radius 1 is 1.65 bits per heavy atom. The quantitative estimate of drug-likeness (QED) is 0.835. The summed E-state index contributed by atoms with van der Waals surface area (Å²) < 4.78 is 0. The third-order valence-electron chi connectivity index (χ3n) is 3.50. The molecule has 0 saturated carbocycles. The number of anilines is 1. The summed E-state index contributed by atoms with van der Waals surface area (Å²) in [6, 6.07) is 1.91. The molecule has 1 unspecified atom stereocenters. The fourth-order valence-electron chi connectivity index (χ4n) is 2.46. The molecule has 1 fully saturated rings. The van der Waals surface area contributed by atoms with Crippen LogP contribution in [0.15, 0.2) is 18.5 Å². The van der Waals surface area contributed by atoms with Gasteiger partial charge in [0.25, 0.3) is 0 Å². The Morgan fingerprint density at radius 2 is 2.47 bits per heavy atom. The predicted octanol–water partition coefficient (Wildman–Crippen LogP) is 2.34. The van der Waals surface area contributed by atoms with Gasteiger partial charge in [-0.15, -0.1) is 0 Å². The van der Waals surface area contributed by atoms with Crippen LogP contribution < -0.4 is 10.6 Å². The fourth-order valence-corrected chi connectivity index (χ4v) is 2.64. The average molecular weight is 249 g/mol. The van der Waals surface area contributed by atoms with Gasteiger partial charge in [0.1, 0.15) is 4.99 Å². The molecular weight excluding hydrogens is 230 g/mol. The molecule has 1 atom stereocenters. The molecule has 0 amide bonds. The first-order chi connectivity index (χ1) is 8.22. The number of rotatable bonds is 3. The number of nitrogens with two attached hydrogens (primary N) is 1. The van der Waals surface area contributed by atoms with E-state index < -0.39 is 0 Å². The maximum Gasteiger partial charge on any atom is 0.106 e. The van der Waals surface area contributed by atoms with E-state index in [0.717, 1.165) is 30.3 Å². The Bertz CT molecular complexity index is 405. The van der Waals surface area contributed by atoms with Gasteiger partial charge in [-0.3, -0.25) is 4.98 Å². The van der Waals surface area contributed by atoms with Crippen molar-refractivity contribution in [3.63, 3.8) is 0 Å². The van der Waals surface area contributed by atoms with Crippen molar-refractivity contribution in [1.82, 2.24) is 4.98 Å². The van der Waals surface area contributed by atoms with Gasteiger partial charge in [0, 0.05) is 24.8 Å². The highest BCUT2D eigenvalue weighted by Gasteiger charge is 2.21. The maximum atomic E-state index is 5.77. The number of hydrogen-bond acceptors (Lipinski definition) is 3. The van der Waals surface area contributed by atoms with Gasteiger partial charge >= 0.3 is 0 Å². The molecule has 1 aliphatic rings. The van der Waals surface area contributed by atoms with Gasteiger partial charge in [-0.2, -0.15) is 0 Å². The van der Waals surface area contributed by atoms with Gasteiger partial charge in [0.2, 0.25) is 0 Å². The molecular formula is C13H19N3S. The monoisotopic (exact) mass is 249 g/mol. The number of nitrogens with zero attached hydrogens (tertiary/aromatic N) is 2. The van der Waals surface area contributed by atoms with Crippen LogP contribution in [0.5, 0.6) is 0 Å². The molecule has 3 nitrogen and oxygen atoms in total. The lowest BCUT2D eigenvalue weighted by Crippen LogP contribution is -2.36. The highest BCUT2D eigenvalue weighted by molar-refractivity contribution is 7.80. The summed E-state index contributed by atoms with van der Waals surface area (Å²) >= 11 is 5.10. The molecule has 1 aromatic heterocycles. The van der Waals surface area contributed by atoms with Crippen molar-refractivity contribution in [2.75, 3.05) is 18.0 Å². The first kappa shape index (κ1) is 12.3. The number of aromatic nitrogens is 1. The second-order valence-electron chi connectivity index (χ2n) is 4.62. The number of hydrogen-bond donors (Lipinski definition) is 1. The first-order valence-corrected chi connectivity index (χ1v) is 6.62. The summed E-state index contributed by atoms with van der Waals surface area (Å²) in [5.41, 5.74) is 7.81. The van der Waals surface area contributed by atoms with Gasteiger partial charge in [-0.25, -0.2) is 0 Å². The summed E-state index contributed by atoms with van der Waals surface area (Å²) in [7, 11) is 0. The zero-order valence-corrected chi connectivity index (χ0v) is 11.0. The van der Waals surface area contributed by atoms with Crippen molar-refractivity contribution in [3.05, 3.63) is 24.0 Å². The lowest BCUT2D eigenvalue weighted by molar-refractivity contribution is 0.404. The van der Waals surface area contributed by atoms with E-state index in [1.165, 1.54) is 19.3 Å². The molecule has 2 heterocycles. The van der Waals surface area contributed by atoms with Crippen LogP contribution in [0.3, 0.4) is 0 Å². The summed E-state index contributed by atoms with van der Waals surface area (Å²) in [5, 5.41) is 0. The standard InChI is InChI=1S/C13H19N3S/c1-2-10-4-3-7-16(9-10)12-8-15-6-5-11(12)13(14)17/h5-6,8,10H,2-4,7,9H2,1H3,(H2,14,17). The van der Waals surface area contributed by atoms with Crippen molar-refractivity contribution in [3.8, 4) is 0 Å². The van der Waals surface area contributed by atoms with Crippen LogP contribution in [-0.4, -0.2) is 23.1 Å². The predicted molar refractivity (Wildman–Crippen MR) is 75.4 cm³/mol. The van der Waals surface area contributed by atoms with Gasteiger partial charge in [-0.1, -0.05) is 25.6 Å². The van der Waals surface area contributed by atoms with Crippen molar-refractivity contribution in [2.24, 2.45) is 11.7 Å². The zero-order valence-electron chi connectivity index (χ0n) is 10.2. The number of thiocarbonyl (C=S) groups is 1. The molecule has 0 bridgehead atoms. The molecule has 92 valence electrons. The molecule has 4 heteroatoms. The van der Waals surface area contributed by atoms with E-state index in [1.54, 1.807) is 6.20 Å². The second-order valence-corrected chi connectivity index (χ2v) is 5.06. The van der Waals surface area contributed by atoms with Gasteiger partial charge in [0.15, 0.2) is 0 Å². The van der Waals surface area contributed by atoms with Crippen LogP contribution in [0, 0.1) is 5.92 Å². The Morgan fingerprint density at radius 3 is 3.18 bits per heavy atom. The molecule has 0 aromatic carbocycles. The van der Waals surface area contributed by atoms with Gasteiger partial charge < -0.3 is 10.6 Å². The van der Waals surface area contributed by atoms with Crippen LogP contribution in [-0.2, 0) is 0 Å². The van der Waals surface area contributed by atoms with Crippen LogP contribution >= 0.6 is 12.2 Å². The van der Waals surface area contributed by atoms with E-state index in [9.17, 15) is 0 Å². The zero-order chi connectivity index (χ0) is 12.3. The summed E-state index contributed by atoms with van der Waals surface area (Å²) in [4.78, 5) is 7.03. The lowest BCUT2D eigenvalue weighted by Gasteiger charge is -2.34. The molecule has 1 aromatic rings. The Balaban J connectivity index is 2.24. The molecule has 0 spiro atoms. The molecule has 0 aliphatic carbocycles. The minimum Gasteiger partial charge on any atom is -0.389 e. The lowest BCUT2D eigenvalue weighted by atomic mass is 9.95. The molecule has 2 N–H and O–H groups in total. The van der Waals surface area contributed by atoms with Gasteiger partial charge in [0.05, 0.1) is 11.9 Å². The summed E-state index contributed by atoms with van der Waals surface area (Å²) in [5.74, 6) is 0.781. The molecule has 0 radical (unpaired) electrons. The first-order valence-electron chi connectivity index (χ1n) is 6.21. The Labute approximate surface area is 108 Å². The molecule has 2 rings (SSSR count).